The maximum absolute atomic E-state index is 12.2. The molecule has 1 aliphatic rings. The van der Waals surface area contributed by atoms with Crippen LogP contribution in [0.4, 0.5) is 0 Å². The van der Waals surface area contributed by atoms with Crippen LogP contribution in [0.1, 0.15) is 45.1 Å². The molecule has 0 spiro atoms. The van der Waals surface area contributed by atoms with Crippen molar-refractivity contribution in [2.24, 2.45) is 0 Å². The number of aliphatic hydroxyl groups excluding tert-OH is 1. The highest BCUT2D eigenvalue weighted by molar-refractivity contribution is 5.94. The highest BCUT2D eigenvalue weighted by atomic mass is 16.3. The van der Waals surface area contributed by atoms with Gasteiger partial charge in [-0.15, -0.1) is 0 Å². The summed E-state index contributed by atoms with van der Waals surface area (Å²) in [6.07, 6.45) is 2.66. The first kappa shape index (κ1) is 14.8. The zero-order valence-electron chi connectivity index (χ0n) is 12.8. The van der Waals surface area contributed by atoms with Crippen LogP contribution in [-0.4, -0.2) is 17.6 Å². The van der Waals surface area contributed by atoms with Gasteiger partial charge in [0.25, 0.3) is 5.91 Å². The van der Waals surface area contributed by atoms with E-state index in [0.717, 1.165) is 24.0 Å². The van der Waals surface area contributed by atoms with Gasteiger partial charge in [0.2, 0.25) is 0 Å². The molecule has 3 heteroatoms. The lowest BCUT2D eigenvalue weighted by Crippen LogP contribution is -2.28. The van der Waals surface area contributed by atoms with Crippen molar-refractivity contribution in [1.82, 2.24) is 5.32 Å². The second-order valence-corrected chi connectivity index (χ2v) is 5.92. The molecule has 2 aromatic rings. The Morgan fingerprint density at radius 1 is 1.18 bits per heavy atom. The molecule has 0 aromatic heterocycles. The van der Waals surface area contributed by atoms with Crippen molar-refractivity contribution >= 4 is 5.91 Å². The molecule has 0 saturated heterocycles. The molecular weight excluding hydrogens is 274 g/mol. The van der Waals surface area contributed by atoms with Gasteiger partial charge in [0, 0.05) is 12.1 Å². The molecule has 0 fully saturated rings. The van der Waals surface area contributed by atoms with Gasteiger partial charge in [-0.3, -0.25) is 4.79 Å². The number of amides is 1. The van der Waals surface area contributed by atoms with Crippen LogP contribution in [0.3, 0.4) is 0 Å². The van der Waals surface area contributed by atoms with Gasteiger partial charge in [0.05, 0.1) is 6.10 Å². The number of hydrogen-bond donors (Lipinski definition) is 2. The summed E-state index contributed by atoms with van der Waals surface area (Å²) in [5, 5.41) is 13.1. The molecule has 3 nitrogen and oxygen atoms in total. The van der Waals surface area contributed by atoms with Crippen LogP contribution in [-0.2, 0) is 12.8 Å². The standard InChI is InChI=1S/C19H21NO2/c1-13-5-2-3-8-17(13)18(21)12-20-19(22)16-10-9-14-6-4-7-15(14)11-16/h2-3,5,8-11,18,21H,4,6-7,12H2,1H3,(H,20,22). The molecule has 0 saturated carbocycles. The lowest BCUT2D eigenvalue weighted by Gasteiger charge is -2.14. The molecule has 1 amide bonds. The average molecular weight is 295 g/mol. The number of aryl methyl sites for hydroxylation is 3. The molecule has 1 unspecified atom stereocenters. The predicted octanol–water partition coefficient (Wildman–Crippen LogP) is 2.95. The molecule has 22 heavy (non-hydrogen) atoms. The van der Waals surface area contributed by atoms with E-state index in [1.54, 1.807) is 0 Å². The fourth-order valence-electron chi connectivity index (χ4n) is 3.08. The SMILES string of the molecule is Cc1ccccc1C(O)CNC(=O)c1ccc2c(c1)CCC2. The van der Waals surface area contributed by atoms with Crippen molar-refractivity contribution in [2.45, 2.75) is 32.3 Å². The Labute approximate surface area is 131 Å². The molecule has 1 atom stereocenters. The van der Waals surface area contributed by atoms with Crippen molar-refractivity contribution in [2.75, 3.05) is 6.54 Å². The van der Waals surface area contributed by atoms with Crippen molar-refractivity contribution in [3.8, 4) is 0 Å². The number of fused-ring (bicyclic) bond motifs is 1. The van der Waals surface area contributed by atoms with Gasteiger partial charge in [-0.05, 0) is 60.6 Å². The Bertz CT molecular complexity index is 694. The van der Waals surface area contributed by atoms with Crippen LogP contribution in [0.5, 0.6) is 0 Å². The number of carbonyl (C=O) groups is 1. The first-order chi connectivity index (χ1) is 10.6. The van der Waals surface area contributed by atoms with Crippen LogP contribution in [0, 0.1) is 6.92 Å². The molecule has 1 aliphatic carbocycles. The molecule has 0 bridgehead atoms. The lowest BCUT2D eigenvalue weighted by molar-refractivity contribution is 0.0916. The number of hydrogen-bond acceptors (Lipinski definition) is 2. The summed E-state index contributed by atoms with van der Waals surface area (Å²) < 4.78 is 0. The average Bonchev–Trinajstić information content (AvgIpc) is 3.00. The minimum atomic E-state index is -0.681. The van der Waals surface area contributed by atoms with E-state index in [1.165, 1.54) is 17.5 Å². The zero-order chi connectivity index (χ0) is 15.5. The largest absolute Gasteiger partial charge is 0.387 e. The zero-order valence-corrected chi connectivity index (χ0v) is 12.8. The van der Waals surface area contributed by atoms with E-state index in [2.05, 4.69) is 11.4 Å². The normalized spacial score (nSPS) is 14.5. The van der Waals surface area contributed by atoms with E-state index < -0.39 is 6.10 Å². The van der Waals surface area contributed by atoms with Crippen LogP contribution in [0.2, 0.25) is 0 Å². The molecule has 0 radical (unpaired) electrons. The quantitative estimate of drug-likeness (QED) is 0.911. The maximum Gasteiger partial charge on any atom is 0.251 e. The second kappa shape index (κ2) is 6.32. The number of nitrogens with one attached hydrogen (secondary N) is 1. The molecule has 3 rings (SSSR count). The third-order valence-corrected chi connectivity index (χ3v) is 4.36. The summed E-state index contributed by atoms with van der Waals surface area (Å²) in [7, 11) is 0. The van der Waals surface area contributed by atoms with Crippen molar-refractivity contribution < 1.29 is 9.90 Å². The summed E-state index contributed by atoms with van der Waals surface area (Å²) in [5.74, 6) is -0.123. The first-order valence-electron chi connectivity index (χ1n) is 7.79. The Hall–Kier alpha value is -2.13. The third-order valence-electron chi connectivity index (χ3n) is 4.36. The van der Waals surface area contributed by atoms with Gasteiger partial charge in [0.1, 0.15) is 0 Å². The Morgan fingerprint density at radius 2 is 1.95 bits per heavy atom. The minimum Gasteiger partial charge on any atom is -0.387 e. The highest BCUT2D eigenvalue weighted by Crippen LogP contribution is 2.23. The van der Waals surface area contributed by atoms with E-state index in [-0.39, 0.29) is 12.5 Å². The summed E-state index contributed by atoms with van der Waals surface area (Å²) >= 11 is 0. The molecule has 2 aromatic carbocycles. The number of aliphatic hydroxyl groups is 1. The van der Waals surface area contributed by atoms with Crippen molar-refractivity contribution in [3.63, 3.8) is 0 Å². The Morgan fingerprint density at radius 3 is 2.77 bits per heavy atom. The van der Waals surface area contributed by atoms with E-state index in [1.807, 2.05) is 43.3 Å². The summed E-state index contributed by atoms with van der Waals surface area (Å²) in [4.78, 5) is 12.2. The molecule has 0 aliphatic heterocycles. The summed E-state index contributed by atoms with van der Waals surface area (Å²) in [6.45, 7) is 2.18. The first-order valence-corrected chi connectivity index (χ1v) is 7.79. The van der Waals surface area contributed by atoms with E-state index in [4.69, 9.17) is 0 Å². The Kier molecular flexibility index (Phi) is 4.25. The van der Waals surface area contributed by atoms with Crippen LogP contribution in [0.15, 0.2) is 42.5 Å². The number of benzene rings is 2. The molecule has 0 heterocycles. The fourth-order valence-corrected chi connectivity index (χ4v) is 3.08. The van der Waals surface area contributed by atoms with Crippen molar-refractivity contribution in [1.29, 1.82) is 0 Å². The second-order valence-electron chi connectivity index (χ2n) is 5.92. The predicted molar refractivity (Wildman–Crippen MR) is 86.9 cm³/mol. The molecule has 2 N–H and O–H groups in total. The number of carbonyl (C=O) groups excluding carboxylic acids is 1. The van der Waals surface area contributed by atoms with Crippen LogP contribution < -0.4 is 5.32 Å². The van der Waals surface area contributed by atoms with E-state index >= 15 is 0 Å². The topological polar surface area (TPSA) is 49.3 Å². The maximum atomic E-state index is 12.2. The minimum absolute atomic E-state index is 0.123. The molecule has 114 valence electrons. The Balaban J connectivity index is 1.64. The fraction of sp³-hybridized carbons (Fsp3) is 0.316. The van der Waals surface area contributed by atoms with Gasteiger partial charge in [-0.25, -0.2) is 0 Å². The smallest absolute Gasteiger partial charge is 0.251 e. The van der Waals surface area contributed by atoms with Gasteiger partial charge < -0.3 is 10.4 Å². The third kappa shape index (κ3) is 3.04. The van der Waals surface area contributed by atoms with Crippen molar-refractivity contribution in [3.05, 3.63) is 70.3 Å². The molecular formula is C19H21NO2. The number of rotatable bonds is 4. The van der Waals surface area contributed by atoms with Crippen LogP contribution in [0.25, 0.3) is 0 Å². The van der Waals surface area contributed by atoms with E-state index in [9.17, 15) is 9.90 Å². The summed E-state index contributed by atoms with van der Waals surface area (Å²) in [5.41, 5.74) is 5.21. The monoisotopic (exact) mass is 295 g/mol. The highest BCUT2D eigenvalue weighted by Gasteiger charge is 2.15. The van der Waals surface area contributed by atoms with Gasteiger partial charge in [0.15, 0.2) is 0 Å². The van der Waals surface area contributed by atoms with Gasteiger partial charge in [-0.1, -0.05) is 30.3 Å². The lowest BCUT2D eigenvalue weighted by atomic mass is 10.0. The summed E-state index contributed by atoms with van der Waals surface area (Å²) in [6, 6.07) is 13.6. The van der Waals surface area contributed by atoms with E-state index in [0.29, 0.717) is 5.56 Å². The van der Waals surface area contributed by atoms with Gasteiger partial charge in [-0.2, -0.15) is 0 Å². The van der Waals surface area contributed by atoms with Gasteiger partial charge >= 0.3 is 0 Å². The van der Waals surface area contributed by atoms with Crippen LogP contribution >= 0.6 is 0 Å².